The van der Waals surface area contributed by atoms with Crippen LogP contribution in [0.5, 0.6) is 0 Å². The van der Waals surface area contributed by atoms with Crippen molar-refractivity contribution in [2.75, 3.05) is 59.2 Å². The van der Waals surface area contributed by atoms with E-state index in [1.165, 1.54) is 5.56 Å². The molecule has 3 saturated heterocycles. The van der Waals surface area contributed by atoms with Crippen LogP contribution >= 0.6 is 0 Å². The minimum absolute atomic E-state index is 0.0883. The summed E-state index contributed by atoms with van der Waals surface area (Å²) >= 11 is 0. The summed E-state index contributed by atoms with van der Waals surface area (Å²) in [5.41, 5.74) is 10.9. The zero-order chi connectivity index (χ0) is 25.6. The van der Waals surface area contributed by atoms with Gasteiger partial charge in [0, 0.05) is 56.7 Å². The predicted molar refractivity (Wildman–Crippen MR) is 143 cm³/mol. The molecule has 0 bridgehead atoms. The fourth-order valence-electron chi connectivity index (χ4n) is 5.29. The second-order valence-corrected chi connectivity index (χ2v) is 9.87. The molecule has 198 valence electrons. The first kappa shape index (κ1) is 25.5. The maximum absolute atomic E-state index is 12.9. The molecule has 4 aliphatic heterocycles. The summed E-state index contributed by atoms with van der Waals surface area (Å²) in [6.07, 6.45) is 4.26. The zero-order valence-electron chi connectivity index (χ0n) is 21.5. The van der Waals surface area contributed by atoms with Gasteiger partial charge in [0.1, 0.15) is 0 Å². The molecule has 3 fully saturated rings. The number of carbonyl (C=O) groups is 1. The third kappa shape index (κ3) is 6.22. The van der Waals surface area contributed by atoms with E-state index in [0.717, 1.165) is 55.7 Å². The first-order valence-electron chi connectivity index (χ1n) is 13.3. The van der Waals surface area contributed by atoms with Gasteiger partial charge in [0.15, 0.2) is 11.7 Å². The van der Waals surface area contributed by atoms with Gasteiger partial charge in [-0.15, -0.1) is 0 Å². The van der Waals surface area contributed by atoms with Crippen LogP contribution in [0.1, 0.15) is 53.9 Å². The Kier molecular flexibility index (Phi) is 8.21. The molecular formula is C28H37N5O4. The fraction of sp³-hybridized carbons (Fsp3) is 0.536. The molecule has 37 heavy (non-hydrogen) atoms. The highest BCUT2D eigenvalue weighted by Gasteiger charge is 2.25. The van der Waals surface area contributed by atoms with Crippen LogP contribution in [0.2, 0.25) is 0 Å². The maximum atomic E-state index is 12.9. The molecule has 4 aliphatic rings. The number of carbonyl (C=O) groups excluding carboxylic acids is 1. The average molecular weight is 508 g/mol. The van der Waals surface area contributed by atoms with Gasteiger partial charge in [-0.05, 0) is 36.5 Å². The summed E-state index contributed by atoms with van der Waals surface area (Å²) in [4.78, 5) is 26.4. The third-order valence-electron chi connectivity index (χ3n) is 7.44. The number of aliphatic imine (C=N–C) groups is 2. The van der Waals surface area contributed by atoms with Gasteiger partial charge in [-0.1, -0.05) is 18.7 Å². The Morgan fingerprint density at radius 3 is 2.43 bits per heavy atom. The first-order valence-corrected chi connectivity index (χ1v) is 13.3. The molecule has 1 aromatic rings. The highest BCUT2D eigenvalue weighted by Crippen LogP contribution is 2.30. The molecule has 0 radical (unpaired) electrons. The zero-order valence-corrected chi connectivity index (χ0v) is 21.5. The normalized spacial score (nSPS) is 21.7. The Bertz CT molecular complexity index is 1090. The number of hydrogen-bond donors (Lipinski definition) is 1. The number of piperidine rings is 1. The molecule has 0 saturated carbocycles. The Morgan fingerprint density at radius 2 is 1.68 bits per heavy atom. The summed E-state index contributed by atoms with van der Waals surface area (Å²) in [5, 5.41) is 0. The lowest BCUT2D eigenvalue weighted by molar-refractivity contribution is 0.0303. The topological polar surface area (TPSA) is 102 Å². The summed E-state index contributed by atoms with van der Waals surface area (Å²) in [6, 6.07) is 8.10. The standard InChI is InChI=1S/C28H37N5O4/c1-20(30-24-7-14-35-15-8-24)26-25(9-16-37-26)31-28(29)33-10-5-21(6-11-33)22-3-2-4-23(19-22)27(34)32-12-17-36-18-13-32/h2-4,19,21H,1,5-18H2,(H2,29,31). The van der Waals surface area contributed by atoms with Crippen LogP contribution in [0.25, 0.3) is 0 Å². The van der Waals surface area contributed by atoms with E-state index in [0.29, 0.717) is 75.9 Å². The van der Waals surface area contributed by atoms with E-state index in [-0.39, 0.29) is 5.91 Å². The first-order chi connectivity index (χ1) is 18.1. The smallest absolute Gasteiger partial charge is 0.254 e. The molecule has 1 amide bonds. The highest BCUT2D eigenvalue weighted by molar-refractivity contribution is 5.94. The molecule has 9 nitrogen and oxygen atoms in total. The Morgan fingerprint density at radius 1 is 0.946 bits per heavy atom. The van der Waals surface area contributed by atoms with Crippen molar-refractivity contribution in [3.63, 3.8) is 0 Å². The molecule has 0 spiro atoms. The van der Waals surface area contributed by atoms with Gasteiger partial charge in [-0.25, -0.2) is 4.99 Å². The van der Waals surface area contributed by atoms with Crippen molar-refractivity contribution in [2.24, 2.45) is 15.7 Å². The molecule has 0 atom stereocenters. The predicted octanol–water partition coefficient (Wildman–Crippen LogP) is 3.05. The van der Waals surface area contributed by atoms with Crippen LogP contribution in [0.15, 0.2) is 58.0 Å². The number of nitrogens with two attached hydrogens (primary N) is 1. The maximum Gasteiger partial charge on any atom is 0.254 e. The lowest BCUT2D eigenvalue weighted by Gasteiger charge is -2.33. The summed E-state index contributed by atoms with van der Waals surface area (Å²) < 4.78 is 16.6. The van der Waals surface area contributed by atoms with Gasteiger partial charge in [-0.3, -0.25) is 9.79 Å². The van der Waals surface area contributed by atoms with E-state index >= 15 is 0 Å². The molecule has 5 rings (SSSR count). The summed E-state index contributed by atoms with van der Waals surface area (Å²) in [7, 11) is 0. The number of guanidine groups is 1. The summed E-state index contributed by atoms with van der Waals surface area (Å²) in [5.74, 6) is 1.64. The largest absolute Gasteiger partial charge is 0.489 e. The number of amides is 1. The van der Waals surface area contributed by atoms with Crippen molar-refractivity contribution in [3.05, 3.63) is 59.1 Å². The van der Waals surface area contributed by atoms with E-state index in [1.54, 1.807) is 0 Å². The van der Waals surface area contributed by atoms with Crippen molar-refractivity contribution in [1.82, 2.24) is 9.80 Å². The molecule has 0 unspecified atom stereocenters. The Balaban J connectivity index is 1.20. The van der Waals surface area contributed by atoms with Gasteiger partial charge in [0.25, 0.3) is 5.91 Å². The van der Waals surface area contributed by atoms with Crippen LogP contribution in [0, 0.1) is 0 Å². The summed E-state index contributed by atoms with van der Waals surface area (Å²) in [6.45, 7) is 10.2. The van der Waals surface area contributed by atoms with E-state index in [4.69, 9.17) is 24.9 Å². The van der Waals surface area contributed by atoms with Crippen LogP contribution in [0.3, 0.4) is 0 Å². The van der Waals surface area contributed by atoms with Crippen molar-refractivity contribution in [3.8, 4) is 0 Å². The molecule has 0 aromatic heterocycles. The fourth-order valence-corrected chi connectivity index (χ4v) is 5.29. The van der Waals surface area contributed by atoms with Crippen molar-refractivity contribution < 1.29 is 19.0 Å². The minimum atomic E-state index is 0.0883. The van der Waals surface area contributed by atoms with Gasteiger partial charge in [0.2, 0.25) is 0 Å². The SMILES string of the molecule is C=C(N=C1CCOCC1)C1=C(/N=C(\N)N2CCC(c3cccc(C(=O)N4CCOCC4)c3)CC2)CCO1. The molecule has 4 heterocycles. The van der Waals surface area contributed by atoms with E-state index in [9.17, 15) is 4.79 Å². The van der Waals surface area contributed by atoms with Crippen LogP contribution < -0.4 is 5.73 Å². The molecule has 2 N–H and O–H groups in total. The van der Waals surface area contributed by atoms with E-state index in [1.807, 2.05) is 17.0 Å². The third-order valence-corrected chi connectivity index (χ3v) is 7.44. The van der Waals surface area contributed by atoms with Gasteiger partial charge < -0.3 is 29.7 Å². The van der Waals surface area contributed by atoms with E-state index < -0.39 is 0 Å². The minimum Gasteiger partial charge on any atom is -0.489 e. The monoisotopic (exact) mass is 507 g/mol. The number of rotatable bonds is 5. The number of hydrogen-bond acceptors (Lipinski definition) is 6. The van der Waals surface area contributed by atoms with Crippen molar-refractivity contribution >= 4 is 17.6 Å². The number of benzene rings is 1. The average Bonchev–Trinajstić information content (AvgIpc) is 3.42. The van der Waals surface area contributed by atoms with Gasteiger partial charge in [-0.2, -0.15) is 0 Å². The number of morpholine rings is 1. The van der Waals surface area contributed by atoms with Gasteiger partial charge in [0.05, 0.1) is 44.4 Å². The quantitative estimate of drug-likeness (QED) is 0.486. The molecule has 1 aromatic carbocycles. The second kappa shape index (κ2) is 11.9. The van der Waals surface area contributed by atoms with Crippen molar-refractivity contribution in [1.29, 1.82) is 0 Å². The molecule has 0 aliphatic carbocycles. The number of likely N-dealkylation sites (tertiary alicyclic amines) is 1. The van der Waals surface area contributed by atoms with Crippen LogP contribution in [-0.2, 0) is 14.2 Å². The highest BCUT2D eigenvalue weighted by atomic mass is 16.5. The number of nitrogens with zero attached hydrogens (tertiary/aromatic N) is 4. The molecular weight excluding hydrogens is 470 g/mol. The number of ether oxygens (including phenoxy) is 3. The van der Waals surface area contributed by atoms with Gasteiger partial charge >= 0.3 is 0 Å². The van der Waals surface area contributed by atoms with E-state index in [2.05, 4.69) is 28.6 Å². The second-order valence-electron chi connectivity index (χ2n) is 9.87. The Labute approximate surface area is 218 Å². The lowest BCUT2D eigenvalue weighted by atomic mass is 9.88. The molecule has 9 heteroatoms. The lowest BCUT2D eigenvalue weighted by Crippen LogP contribution is -2.42. The Hall–Kier alpha value is -3.17. The van der Waals surface area contributed by atoms with Crippen molar-refractivity contribution in [2.45, 2.75) is 38.0 Å². The van der Waals surface area contributed by atoms with Crippen LogP contribution in [-0.4, -0.2) is 86.6 Å². The van der Waals surface area contributed by atoms with Crippen LogP contribution in [0.4, 0.5) is 0 Å².